The molecule has 1 aliphatic rings. The average Bonchev–Trinajstić information content (AvgIpc) is 3.30. The number of furan rings is 1. The van der Waals surface area contributed by atoms with Gasteiger partial charge in [-0.15, -0.1) is 0 Å². The van der Waals surface area contributed by atoms with E-state index >= 15 is 0 Å². The molecule has 0 fully saturated rings. The summed E-state index contributed by atoms with van der Waals surface area (Å²) in [6, 6.07) is 11.2. The number of nitrogens with one attached hydrogen (secondary N) is 3. The van der Waals surface area contributed by atoms with Crippen molar-refractivity contribution in [2.45, 2.75) is 12.8 Å². The number of aryl methyl sites for hydroxylation is 1. The molecule has 0 radical (unpaired) electrons. The van der Waals surface area contributed by atoms with Crippen molar-refractivity contribution in [2.75, 3.05) is 10.6 Å². The summed E-state index contributed by atoms with van der Waals surface area (Å²) >= 11 is 0. The third kappa shape index (κ3) is 3.12. The van der Waals surface area contributed by atoms with Gasteiger partial charge in [-0.3, -0.25) is 14.8 Å². The fourth-order valence-corrected chi connectivity index (χ4v) is 3.57. The topological polar surface area (TPSA) is 104 Å². The molecular formula is C22H17N5O2. The molecule has 7 heteroatoms. The number of hydrogen-bond acceptors (Lipinski definition) is 6. The zero-order valence-electron chi connectivity index (χ0n) is 15.4. The average molecular weight is 383 g/mol. The normalized spacial score (nSPS) is 12.8. The lowest BCUT2D eigenvalue weighted by molar-refractivity contribution is 0.0999. The van der Waals surface area contributed by atoms with Gasteiger partial charge in [-0.2, -0.15) is 0 Å². The lowest BCUT2D eigenvalue weighted by atomic mass is 10.1. The molecular weight excluding hydrogens is 366 g/mol. The van der Waals surface area contributed by atoms with Gasteiger partial charge in [0, 0.05) is 29.2 Å². The molecule has 1 aliphatic carbocycles. The molecule has 1 aromatic carbocycles. The number of hydrogen-bond donors (Lipinski definition) is 3. The van der Waals surface area contributed by atoms with Gasteiger partial charge in [-0.25, -0.2) is 0 Å². The number of carbonyl (C=O) groups excluding carboxylic acids is 1. The number of amides is 1. The summed E-state index contributed by atoms with van der Waals surface area (Å²) in [4.78, 5) is 21.0. The number of anilines is 3. The maximum Gasteiger partial charge on any atom is 0.293 e. The van der Waals surface area contributed by atoms with Crippen molar-refractivity contribution < 1.29 is 9.21 Å². The standard InChI is InChI=1S/C22H17N5O2/c23-18-6-3-13-10-14(4-5-16(13)18)26-20-17-7-9-25-12-19(17)29-21(20)22(28)27-15-2-1-8-24-11-15/h1-2,4-5,7-12,23,26H,3,6H2,(H,27,28). The van der Waals surface area contributed by atoms with E-state index in [4.69, 9.17) is 9.83 Å². The minimum absolute atomic E-state index is 0.171. The lowest BCUT2D eigenvalue weighted by Crippen LogP contribution is -2.12. The fourth-order valence-electron chi connectivity index (χ4n) is 3.57. The molecule has 0 saturated carbocycles. The van der Waals surface area contributed by atoms with Crippen LogP contribution >= 0.6 is 0 Å². The summed E-state index contributed by atoms with van der Waals surface area (Å²) in [5.74, 6) is -0.204. The monoisotopic (exact) mass is 383 g/mol. The third-order valence-corrected chi connectivity index (χ3v) is 4.96. The predicted octanol–water partition coefficient (Wildman–Crippen LogP) is 4.53. The Morgan fingerprint density at radius 2 is 1.93 bits per heavy atom. The van der Waals surface area contributed by atoms with Crippen molar-refractivity contribution in [2.24, 2.45) is 0 Å². The van der Waals surface area contributed by atoms with Crippen LogP contribution in [0.1, 0.15) is 28.1 Å². The van der Waals surface area contributed by atoms with Gasteiger partial charge in [0.25, 0.3) is 5.91 Å². The Morgan fingerprint density at radius 1 is 1.03 bits per heavy atom. The van der Waals surface area contributed by atoms with Crippen LogP contribution in [-0.2, 0) is 6.42 Å². The minimum atomic E-state index is -0.375. The van der Waals surface area contributed by atoms with Crippen molar-refractivity contribution in [3.63, 3.8) is 0 Å². The van der Waals surface area contributed by atoms with E-state index in [1.54, 1.807) is 36.9 Å². The van der Waals surface area contributed by atoms with Crippen LogP contribution in [-0.4, -0.2) is 21.6 Å². The van der Waals surface area contributed by atoms with Crippen molar-refractivity contribution in [1.82, 2.24) is 9.97 Å². The van der Waals surface area contributed by atoms with E-state index in [0.29, 0.717) is 22.7 Å². The van der Waals surface area contributed by atoms with Crippen LogP contribution in [0.3, 0.4) is 0 Å². The largest absolute Gasteiger partial charge is 0.447 e. The highest BCUT2D eigenvalue weighted by Crippen LogP contribution is 2.34. The molecule has 0 aliphatic heterocycles. The smallest absolute Gasteiger partial charge is 0.293 e. The first-order chi connectivity index (χ1) is 14.2. The Morgan fingerprint density at radius 3 is 2.79 bits per heavy atom. The molecule has 0 atom stereocenters. The second-order valence-corrected chi connectivity index (χ2v) is 6.85. The molecule has 142 valence electrons. The van der Waals surface area contributed by atoms with Gasteiger partial charge < -0.3 is 20.5 Å². The van der Waals surface area contributed by atoms with E-state index in [1.807, 2.05) is 24.3 Å². The summed E-state index contributed by atoms with van der Waals surface area (Å²) in [6.07, 6.45) is 8.08. The molecule has 0 bridgehead atoms. The number of pyridine rings is 2. The maximum atomic E-state index is 12.9. The number of rotatable bonds is 4. The van der Waals surface area contributed by atoms with Crippen LogP contribution in [0, 0.1) is 5.41 Å². The fraction of sp³-hybridized carbons (Fsp3) is 0.0909. The first-order valence-corrected chi connectivity index (χ1v) is 9.25. The highest BCUT2D eigenvalue weighted by Gasteiger charge is 2.22. The van der Waals surface area contributed by atoms with Crippen LogP contribution < -0.4 is 10.6 Å². The van der Waals surface area contributed by atoms with Crippen molar-refractivity contribution >= 4 is 39.7 Å². The first-order valence-electron chi connectivity index (χ1n) is 9.25. The van der Waals surface area contributed by atoms with E-state index in [0.717, 1.165) is 35.0 Å². The highest BCUT2D eigenvalue weighted by molar-refractivity contribution is 6.12. The van der Waals surface area contributed by atoms with Crippen LogP contribution in [0.2, 0.25) is 0 Å². The lowest BCUT2D eigenvalue weighted by Gasteiger charge is -2.09. The molecule has 0 unspecified atom stereocenters. The van der Waals surface area contributed by atoms with Gasteiger partial charge in [0.15, 0.2) is 5.58 Å². The molecule has 3 aromatic heterocycles. The Bertz CT molecular complexity index is 1250. The highest BCUT2D eigenvalue weighted by atomic mass is 16.3. The molecule has 0 saturated heterocycles. The Hall–Kier alpha value is -4.00. The molecule has 3 heterocycles. The van der Waals surface area contributed by atoms with Crippen LogP contribution in [0.5, 0.6) is 0 Å². The molecule has 3 N–H and O–H groups in total. The summed E-state index contributed by atoms with van der Waals surface area (Å²) < 4.78 is 5.82. The molecule has 0 spiro atoms. The SMILES string of the molecule is N=C1CCc2cc(Nc3c(C(=O)Nc4cccnc4)oc4cnccc34)ccc21. The summed E-state index contributed by atoms with van der Waals surface area (Å²) in [5, 5.41) is 14.9. The third-order valence-electron chi connectivity index (χ3n) is 4.96. The zero-order valence-corrected chi connectivity index (χ0v) is 15.4. The van der Waals surface area contributed by atoms with E-state index < -0.39 is 0 Å². The van der Waals surface area contributed by atoms with E-state index in [1.165, 1.54) is 0 Å². The van der Waals surface area contributed by atoms with Gasteiger partial charge in [0.05, 0.1) is 23.8 Å². The number of benzene rings is 1. The van der Waals surface area contributed by atoms with Crippen LogP contribution in [0.15, 0.2) is 65.6 Å². The van der Waals surface area contributed by atoms with Gasteiger partial charge in [0.2, 0.25) is 5.76 Å². The Balaban J connectivity index is 1.53. The Kier molecular flexibility index (Phi) is 4.05. The number of carbonyl (C=O) groups is 1. The number of aromatic nitrogens is 2. The Labute approximate surface area is 166 Å². The second kappa shape index (κ2) is 6.87. The van der Waals surface area contributed by atoms with Crippen LogP contribution in [0.25, 0.3) is 11.0 Å². The quantitative estimate of drug-likeness (QED) is 0.480. The minimum Gasteiger partial charge on any atom is -0.447 e. The van der Waals surface area contributed by atoms with Crippen molar-refractivity contribution in [3.05, 3.63) is 78.1 Å². The van der Waals surface area contributed by atoms with Crippen molar-refractivity contribution in [3.8, 4) is 0 Å². The molecule has 1 amide bonds. The zero-order chi connectivity index (χ0) is 19.8. The predicted molar refractivity (Wildman–Crippen MR) is 111 cm³/mol. The summed E-state index contributed by atoms with van der Waals surface area (Å²) in [5.41, 5.74) is 5.32. The second-order valence-electron chi connectivity index (χ2n) is 6.85. The van der Waals surface area contributed by atoms with E-state index in [2.05, 4.69) is 20.6 Å². The van der Waals surface area contributed by atoms with Crippen LogP contribution in [0.4, 0.5) is 17.1 Å². The summed E-state index contributed by atoms with van der Waals surface area (Å²) in [7, 11) is 0. The molecule has 5 rings (SSSR count). The van der Waals surface area contributed by atoms with Crippen molar-refractivity contribution in [1.29, 1.82) is 5.41 Å². The molecule has 29 heavy (non-hydrogen) atoms. The number of fused-ring (bicyclic) bond motifs is 2. The van der Waals surface area contributed by atoms with Gasteiger partial charge in [-0.1, -0.05) is 6.07 Å². The van der Waals surface area contributed by atoms with Gasteiger partial charge in [-0.05, 0) is 54.3 Å². The van der Waals surface area contributed by atoms with Gasteiger partial charge in [0.1, 0.15) is 0 Å². The summed E-state index contributed by atoms with van der Waals surface area (Å²) in [6.45, 7) is 0. The first kappa shape index (κ1) is 17.1. The van der Waals surface area contributed by atoms with E-state index in [9.17, 15) is 4.79 Å². The maximum absolute atomic E-state index is 12.9. The van der Waals surface area contributed by atoms with E-state index in [-0.39, 0.29) is 11.7 Å². The molecule has 7 nitrogen and oxygen atoms in total. The molecule has 4 aromatic rings. The van der Waals surface area contributed by atoms with Gasteiger partial charge >= 0.3 is 0 Å². The number of nitrogens with zero attached hydrogens (tertiary/aromatic N) is 2.